The van der Waals surface area contributed by atoms with E-state index in [0.29, 0.717) is 10.6 Å². The van der Waals surface area contributed by atoms with E-state index in [-0.39, 0.29) is 17.5 Å². The predicted molar refractivity (Wildman–Crippen MR) is 122 cm³/mol. The van der Waals surface area contributed by atoms with Gasteiger partial charge in [0.1, 0.15) is 5.75 Å². The maximum Gasteiger partial charge on any atom is 0.315 e. The van der Waals surface area contributed by atoms with Crippen LogP contribution < -0.4 is 20.8 Å². The van der Waals surface area contributed by atoms with Crippen molar-refractivity contribution in [2.45, 2.75) is 0 Å². The molecule has 0 aliphatic rings. The Morgan fingerprint density at radius 3 is 2.19 bits per heavy atom. The quantitative estimate of drug-likeness (QED) is 0.233. The van der Waals surface area contributed by atoms with Gasteiger partial charge in [-0.1, -0.05) is 60.7 Å². The van der Waals surface area contributed by atoms with E-state index in [1.165, 1.54) is 13.2 Å². The van der Waals surface area contributed by atoms with E-state index in [1.54, 1.807) is 60.7 Å². The molecule has 164 valence electrons. The second-order valence-electron chi connectivity index (χ2n) is 6.70. The van der Waals surface area contributed by atoms with E-state index in [2.05, 4.69) is 10.5 Å². The number of nitro benzene ring substituents is 1. The van der Waals surface area contributed by atoms with E-state index >= 15 is 0 Å². The molecule has 32 heavy (non-hydrogen) atoms. The molecule has 0 saturated carbocycles. The predicted octanol–water partition coefficient (Wildman–Crippen LogP) is 2.77. The summed E-state index contributed by atoms with van der Waals surface area (Å²) in [5.41, 5.74) is 1.69. The Kier molecular flexibility index (Phi) is 7.02. The number of phenolic OH excluding ortho intramolecular Hbond substituents is 1. The third kappa shape index (κ3) is 5.01. The summed E-state index contributed by atoms with van der Waals surface area (Å²) in [7, 11) is -1.96. The van der Waals surface area contributed by atoms with Crippen molar-refractivity contribution >= 4 is 35.6 Å². The summed E-state index contributed by atoms with van der Waals surface area (Å²) in [6, 6.07) is 19.8. The third-order valence-electron chi connectivity index (χ3n) is 4.63. The van der Waals surface area contributed by atoms with Gasteiger partial charge in [-0.3, -0.25) is 14.9 Å². The lowest BCUT2D eigenvalue weighted by Crippen LogP contribution is -2.28. The Balaban J connectivity index is 1.83. The van der Waals surface area contributed by atoms with Gasteiger partial charge in [-0.15, -0.1) is 0 Å². The fourth-order valence-electron chi connectivity index (χ4n) is 3.05. The number of phenols is 1. The van der Waals surface area contributed by atoms with Crippen LogP contribution >= 0.6 is 7.14 Å². The molecule has 0 unspecified atom stereocenters. The molecule has 3 aromatic rings. The molecule has 1 amide bonds. The zero-order valence-corrected chi connectivity index (χ0v) is 17.9. The molecule has 0 aliphatic carbocycles. The molecule has 0 fully saturated rings. The van der Waals surface area contributed by atoms with Crippen molar-refractivity contribution in [3.63, 3.8) is 0 Å². The van der Waals surface area contributed by atoms with E-state index in [9.17, 15) is 24.6 Å². The number of carbonyl (C=O) groups is 1. The van der Waals surface area contributed by atoms with E-state index in [1.807, 2.05) is 0 Å². The first-order valence-corrected chi connectivity index (χ1v) is 11.3. The summed E-state index contributed by atoms with van der Waals surface area (Å²) in [4.78, 5) is 22.9. The molecule has 0 atom stereocenters. The molecule has 0 aliphatic heterocycles. The van der Waals surface area contributed by atoms with Crippen molar-refractivity contribution < 1.29 is 24.1 Å². The van der Waals surface area contributed by atoms with Crippen molar-refractivity contribution in [2.24, 2.45) is 5.10 Å². The Bertz CT molecular complexity index is 1160. The zero-order valence-electron chi connectivity index (χ0n) is 17.0. The number of ether oxygens (including phenoxy) is 1. The summed E-state index contributed by atoms with van der Waals surface area (Å²) in [5, 5.41) is 26.0. The number of rotatable bonds is 8. The standard InChI is InChI=1S/C22H20N3O6P/c1-31-17-12-16(22(27)20(13-17)25(28)29)14-23-24-21(26)15-32(30,18-8-4-2-5-9-18)19-10-6-3-7-11-19/h2-14,27H,15H2,1H3,(H,24,26)/b23-14-. The molecular weight excluding hydrogens is 433 g/mol. The van der Waals surface area contributed by atoms with Crippen LogP contribution in [0.25, 0.3) is 0 Å². The average molecular weight is 453 g/mol. The largest absolute Gasteiger partial charge is 0.502 e. The smallest absolute Gasteiger partial charge is 0.315 e. The summed E-state index contributed by atoms with van der Waals surface area (Å²) in [6.07, 6.45) is 0.724. The van der Waals surface area contributed by atoms with Gasteiger partial charge in [0.05, 0.1) is 30.5 Å². The number of benzene rings is 3. The Hall–Kier alpha value is -3.97. The van der Waals surface area contributed by atoms with Gasteiger partial charge < -0.3 is 14.4 Å². The second-order valence-corrected chi connectivity index (χ2v) is 9.53. The average Bonchev–Trinajstić information content (AvgIpc) is 2.81. The van der Waals surface area contributed by atoms with E-state index in [4.69, 9.17) is 4.74 Å². The number of hydrogen-bond donors (Lipinski definition) is 2. The number of hydrazone groups is 1. The topological polar surface area (TPSA) is 131 Å². The first-order valence-electron chi connectivity index (χ1n) is 9.42. The minimum Gasteiger partial charge on any atom is -0.502 e. The maximum absolute atomic E-state index is 13.9. The van der Waals surface area contributed by atoms with Crippen molar-refractivity contribution in [3.05, 3.63) is 88.5 Å². The molecule has 9 nitrogen and oxygen atoms in total. The first-order chi connectivity index (χ1) is 15.3. The minimum absolute atomic E-state index is 0.0225. The Morgan fingerprint density at radius 2 is 1.69 bits per heavy atom. The van der Waals surface area contributed by atoms with Crippen molar-refractivity contribution in [1.82, 2.24) is 5.43 Å². The molecule has 3 rings (SSSR count). The van der Waals surface area contributed by atoms with Gasteiger partial charge in [-0.2, -0.15) is 5.10 Å². The van der Waals surface area contributed by atoms with Crippen LogP contribution in [0.4, 0.5) is 5.69 Å². The van der Waals surface area contributed by atoms with Gasteiger partial charge >= 0.3 is 5.69 Å². The van der Waals surface area contributed by atoms with Crippen LogP contribution in [0.15, 0.2) is 77.9 Å². The van der Waals surface area contributed by atoms with Crippen LogP contribution in [0.5, 0.6) is 11.5 Å². The number of aromatic hydroxyl groups is 1. The maximum atomic E-state index is 13.9. The molecule has 0 saturated heterocycles. The number of nitrogens with zero attached hydrogens (tertiary/aromatic N) is 2. The Labute approximate surface area is 183 Å². The van der Waals surface area contributed by atoms with Crippen LogP contribution in [0.1, 0.15) is 5.56 Å². The lowest BCUT2D eigenvalue weighted by atomic mass is 10.1. The van der Waals surface area contributed by atoms with Gasteiger partial charge in [0, 0.05) is 16.2 Å². The van der Waals surface area contributed by atoms with Gasteiger partial charge in [-0.25, -0.2) is 5.43 Å². The highest BCUT2D eigenvalue weighted by atomic mass is 31.2. The van der Waals surface area contributed by atoms with Crippen LogP contribution in [-0.2, 0) is 9.36 Å². The molecule has 2 N–H and O–H groups in total. The lowest BCUT2D eigenvalue weighted by Gasteiger charge is -2.18. The summed E-state index contributed by atoms with van der Waals surface area (Å²) < 4.78 is 18.9. The number of nitro groups is 1. The molecule has 3 aromatic carbocycles. The molecule has 0 heterocycles. The molecule has 0 aromatic heterocycles. The zero-order chi connectivity index (χ0) is 23.1. The SMILES string of the molecule is COc1cc(/C=N\NC(=O)CP(=O)(c2ccccc2)c2ccccc2)c(O)c([N+](=O)[O-])c1. The fraction of sp³-hybridized carbons (Fsp3) is 0.0909. The summed E-state index contributed by atoms with van der Waals surface area (Å²) in [6.45, 7) is 0. The fourth-order valence-corrected chi connectivity index (χ4v) is 5.50. The highest BCUT2D eigenvalue weighted by molar-refractivity contribution is 7.79. The normalized spacial score (nSPS) is 11.3. The Morgan fingerprint density at radius 1 is 1.12 bits per heavy atom. The van der Waals surface area contributed by atoms with Gasteiger partial charge in [0.2, 0.25) is 11.7 Å². The monoisotopic (exact) mass is 453 g/mol. The molecule has 0 bridgehead atoms. The van der Waals surface area contributed by atoms with E-state index < -0.39 is 29.4 Å². The van der Waals surface area contributed by atoms with Gasteiger partial charge in [0.25, 0.3) is 0 Å². The highest BCUT2D eigenvalue weighted by Gasteiger charge is 2.30. The van der Waals surface area contributed by atoms with Crippen LogP contribution in [0.3, 0.4) is 0 Å². The molecule has 0 radical (unpaired) electrons. The van der Waals surface area contributed by atoms with E-state index in [0.717, 1.165) is 12.3 Å². The molecule has 10 heteroatoms. The second kappa shape index (κ2) is 9.89. The number of amides is 1. The van der Waals surface area contributed by atoms with Crippen LogP contribution in [0.2, 0.25) is 0 Å². The van der Waals surface area contributed by atoms with Crippen molar-refractivity contribution in [3.8, 4) is 11.5 Å². The van der Waals surface area contributed by atoms with Crippen LogP contribution in [0, 0.1) is 10.1 Å². The lowest BCUT2D eigenvalue weighted by molar-refractivity contribution is -0.385. The number of carbonyl (C=O) groups excluding carboxylic acids is 1. The molecular formula is C22H20N3O6P. The summed E-state index contributed by atoms with van der Waals surface area (Å²) >= 11 is 0. The minimum atomic E-state index is -3.28. The van der Waals surface area contributed by atoms with Crippen molar-refractivity contribution in [2.75, 3.05) is 13.3 Å². The highest BCUT2D eigenvalue weighted by Crippen LogP contribution is 2.42. The van der Waals surface area contributed by atoms with Gasteiger partial charge in [0.15, 0.2) is 7.14 Å². The number of methoxy groups -OCH3 is 1. The molecule has 0 spiro atoms. The number of nitrogens with one attached hydrogen (secondary N) is 1. The van der Waals surface area contributed by atoms with Crippen LogP contribution in [-0.4, -0.2) is 35.4 Å². The third-order valence-corrected chi connectivity index (χ3v) is 7.63. The summed E-state index contributed by atoms with van der Waals surface area (Å²) in [5.74, 6) is -1.10. The number of hydrogen-bond acceptors (Lipinski definition) is 7. The first kappa shape index (κ1) is 22.7. The van der Waals surface area contributed by atoms with Gasteiger partial charge in [-0.05, 0) is 6.07 Å². The van der Waals surface area contributed by atoms with Crippen molar-refractivity contribution in [1.29, 1.82) is 0 Å².